The number of carbonyl (C=O) groups is 6. The molecule has 6 N–H and O–H groups in total. The maximum absolute atomic E-state index is 13.1. The molecule has 0 fully saturated rings. The molecule has 16 heteroatoms. The maximum atomic E-state index is 13.1. The lowest BCUT2D eigenvalue weighted by molar-refractivity contribution is -0.146. The predicted octanol–water partition coefficient (Wildman–Crippen LogP) is 6.52. The summed E-state index contributed by atoms with van der Waals surface area (Å²) < 4.78 is 21.1. The van der Waals surface area contributed by atoms with Crippen molar-refractivity contribution < 1.29 is 57.9 Å². The Morgan fingerprint density at radius 1 is 0.404 bits per heavy atom. The van der Waals surface area contributed by atoms with Gasteiger partial charge in [0.15, 0.2) is 0 Å². The van der Waals surface area contributed by atoms with Crippen LogP contribution in [0.15, 0.2) is 121 Å². The second-order valence-corrected chi connectivity index (χ2v) is 12.7. The van der Waals surface area contributed by atoms with Crippen LogP contribution in [0.4, 0.5) is 19.2 Å². The van der Waals surface area contributed by atoms with Gasteiger partial charge in [0.1, 0.15) is 34.1 Å². The van der Waals surface area contributed by atoms with Gasteiger partial charge in [-0.2, -0.15) is 0 Å². The summed E-state index contributed by atoms with van der Waals surface area (Å²) in [5.41, 5.74) is -4.04. The van der Waals surface area contributed by atoms with Crippen molar-refractivity contribution >= 4 is 36.3 Å². The van der Waals surface area contributed by atoms with Crippen LogP contribution in [-0.4, -0.2) is 70.7 Å². The molecule has 4 aromatic carbocycles. The van der Waals surface area contributed by atoms with E-state index in [0.29, 0.717) is 11.5 Å². The third-order valence-electron chi connectivity index (χ3n) is 8.62. The molecule has 0 heterocycles. The quantitative estimate of drug-likeness (QED) is 0.0527. The third-order valence-corrected chi connectivity index (χ3v) is 8.62. The second-order valence-electron chi connectivity index (χ2n) is 12.7. The zero-order chi connectivity index (χ0) is 40.9. The van der Waals surface area contributed by atoms with Gasteiger partial charge in [-0.25, -0.2) is 28.8 Å². The van der Waals surface area contributed by atoms with Crippen molar-refractivity contribution in [1.29, 1.82) is 0 Å². The Morgan fingerprint density at radius 3 is 0.947 bits per heavy atom. The Bertz CT molecular complexity index is 1780. The minimum absolute atomic E-state index is 0.0399. The summed E-state index contributed by atoms with van der Waals surface area (Å²) in [6, 6.07) is 32.5. The number of carboxylic acids is 2. The summed E-state index contributed by atoms with van der Waals surface area (Å²) in [5.74, 6) is -2.01. The topological polar surface area (TPSA) is 228 Å². The summed E-state index contributed by atoms with van der Waals surface area (Å²) in [4.78, 5) is 77.0. The first kappa shape index (κ1) is 42.6. The van der Waals surface area contributed by atoms with Crippen LogP contribution in [0.25, 0.3) is 0 Å². The fourth-order valence-electron chi connectivity index (χ4n) is 5.78. The highest BCUT2D eigenvalue weighted by Crippen LogP contribution is 2.28. The van der Waals surface area contributed by atoms with E-state index in [4.69, 9.17) is 18.9 Å². The summed E-state index contributed by atoms with van der Waals surface area (Å²) >= 11 is 0. The molecule has 0 saturated carbocycles. The van der Waals surface area contributed by atoms with E-state index in [-0.39, 0.29) is 69.5 Å². The highest BCUT2D eigenvalue weighted by Gasteiger charge is 2.44. The van der Waals surface area contributed by atoms with Crippen molar-refractivity contribution in [2.24, 2.45) is 0 Å². The van der Waals surface area contributed by atoms with Gasteiger partial charge in [0.05, 0.1) is 0 Å². The molecule has 2 atom stereocenters. The molecule has 4 rings (SSSR count). The largest absolute Gasteiger partial charge is 0.480 e. The molecule has 4 amide bonds. The van der Waals surface area contributed by atoms with Gasteiger partial charge >= 0.3 is 36.3 Å². The fraction of sp³-hybridized carbons (Fsp3) is 0.268. The highest BCUT2D eigenvalue weighted by molar-refractivity contribution is 5.86. The van der Waals surface area contributed by atoms with Crippen molar-refractivity contribution in [3.63, 3.8) is 0 Å². The molecule has 0 radical (unpaired) electrons. The van der Waals surface area contributed by atoms with Crippen molar-refractivity contribution in [1.82, 2.24) is 21.3 Å². The second kappa shape index (κ2) is 21.7. The van der Waals surface area contributed by atoms with Crippen LogP contribution in [-0.2, 0) is 9.59 Å². The van der Waals surface area contributed by atoms with Crippen LogP contribution in [0, 0.1) is 0 Å². The zero-order valence-corrected chi connectivity index (χ0v) is 30.9. The number of ether oxygens (including phenoxy) is 4. The standard InChI is InChI=1S/C41H44N4O12/c46-34(47)40(44-38(52)56-32-20-9-3-10-21-32,26-14-28-42-36(50)54-30-16-5-1-6-17-30)24-13-25-41(35(48)49,45-39(53)57-33-22-11-4-12-23-33)27-15-29-43-37(51)55-31-18-7-2-8-19-31/h1-12,16-23H,13-15,24-29H2,(H,42,50)(H,43,51)(H,44,52)(H,45,53)(H,46,47)(H,48,49). The number of hydrogen-bond acceptors (Lipinski definition) is 10. The lowest BCUT2D eigenvalue weighted by Gasteiger charge is -2.34. The van der Waals surface area contributed by atoms with Crippen molar-refractivity contribution in [3.8, 4) is 23.0 Å². The number of hydrogen-bond donors (Lipinski definition) is 6. The fourth-order valence-corrected chi connectivity index (χ4v) is 5.78. The molecule has 0 bridgehead atoms. The molecule has 16 nitrogen and oxygen atoms in total. The van der Waals surface area contributed by atoms with E-state index < -0.39 is 47.4 Å². The van der Waals surface area contributed by atoms with Gasteiger partial charge in [-0.05, 0) is 93.5 Å². The van der Waals surface area contributed by atoms with E-state index in [1.807, 2.05) is 0 Å². The normalized spacial score (nSPS) is 12.6. The van der Waals surface area contributed by atoms with E-state index in [2.05, 4.69) is 21.3 Å². The van der Waals surface area contributed by atoms with E-state index in [1.165, 1.54) is 24.3 Å². The zero-order valence-electron chi connectivity index (χ0n) is 30.9. The van der Waals surface area contributed by atoms with Gasteiger partial charge in [0, 0.05) is 13.1 Å². The maximum Gasteiger partial charge on any atom is 0.413 e. The van der Waals surface area contributed by atoms with Gasteiger partial charge < -0.3 is 50.4 Å². The molecule has 0 aliphatic carbocycles. The minimum Gasteiger partial charge on any atom is -0.480 e. The number of carbonyl (C=O) groups excluding carboxylic acids is 4. The van der Waals surface area contributed by atoms with E-state index in [9.17, 15) is 39.0 Å². The third kappa shape index (κ3) is 14.2. The number of carboxylic acid groups (broad SMARTS) is 2. The van der Waals surface area contributed by atoms with Crippen molar-refractivity contribution in [3.05, 3.63) is 121 Å². The SMILES string of the molecule is O=C(NCCCC(CCCC(CCCNC(=O)Oc1ccccc1)(NC(=O)Oc1ccccc1)C(=O)O)(NC(=O)Oc1ccccc1)C(=O)O)Oc1ccccc1. The minimum atomic E-state index is -2.02. The van der Waals surface area contributed by atoms with Crippen LogP contribution < -0.4 is 40.2 Å². The van der Waals surface area contributed by atoms with Gasteiger partial charge in [-0.1, -0.05) is 72.8 Å². The Balaban J connectivity index is 1.48. The smallest absolute Gasteiger partial charge is 0.413 e. The van der Waals surface area contributed by atoms with E-state index in [1.54, 1.807) is 97.1 Å². The van der Waals surface area contributed by atoms with Gasteiger partial charge in [-0.15, -0.1) is 0 Å². The van der Waals surface area contributed by atoms with E-state index in [0.717, 1.165) is 0 Å². The monoisotopic (exact) mass is 784 g/mol. The number of rotatable bonds is 20. The van der Waals surface area contributed by atoms with E-state index >= 15 is 0 Å². The number of aliphatic carboxylic acids is 2. The van der Waals surface area contributed by atoms with Crippen molar-refractivity contribution in [2.45, 2.75) is 56.0 Å². The average molecular weight is 785 g/mol. The van der Waals surface area contributed by atoms with Gasteiger partial charge in [0.25, 0.3) is 0 Å². The molecule has 4 aromatic rings. The molecule has 0 aromatic heterocycles. The molecule has 0 aliphatic rings. The highest BCUT2D eigenvalue weighted by atomic mass is 16.6. The molecular weight excluding hydrogens is 740 g/mol. The molecule has 0 aliphatic heterocycles. The number of amides is 4. The first-order valence-corrected chi connectivity index (χ1v) is 18.1. The predicted molar refractivity (Wildman–Crippen MR) is 205 cm³/mol. The van der Waals surface area contributed by atoms with Crippen LogP contribution >= 0.6 is 0 Å². The van der Waals surface area contributed by atoms with Crippen LogP contribution in [0.1, 0.15) is 44.9 Å². The van der Waals surface area contributed by atoms with Crippen LogP contribution in [0.5, 0.6) is 23.0 Å². The summed E-state index contributed by atoms with van der Waals surface area (Å²) in [7, 11) is 0. The van der Waals surface area contributed by atoms with Crippen LogP contribution in [0.2, 0.25) is 0 Å². The first-order chi connectivity index (χ1) is 27.5. The molecule has 0 saturated heterocycles. The summed E-state index contributed by atoms with van der Waals surface area (Å²) in [5, 5.41) is 31.2. The van der Waals surface area contributed by atoms with Crippen LogP contribution in [0.3, 0.4) is 0 Å². The average Bonchev–Trinajstić information content (AvgIpc) is 3.19. The number of benzene rings is 4. The van der Waals surface area contributed by atoms with Gasteiger partial charge in [0.2, 0.25) is 0 Å². The molecule has 300 valence electrons. The first-order valence-electron chi connectivity index (χ1n) is 18.1. The Labute approximate surface area is 328 Å². The van der Waals surface area contributed by atoms with Crippen molar-refractivity contribution in [2.75, 3.05) is 13.1 Å². The molecule has 2 unspecified atom stereocenters. The number of nitrogens with one attached hydrogen (secondary N) is 4. The lowest BCUT2D eigenvalue weighted by Crippen LogP contribution is -2.57. The lowest BCUT2D eigenvalue weighted by atomic mass is 9.82. The summed E-state index contributed by atoms with van der Waals surface area (Å²) in [6.45, 7) is -0.0798. The number of para-hydroxylation sites is 4. The Morgan fingerprint density at radius 2 is 0.667 bits per heavy atom. The van der Waals surface area contributed by atoms with Gasteiger partial charge in [-0.3, -0.25) is 0 Å². The molecular formula is C41H44N4O12. The Kier molecular flexibility index (Phi) is 16.2. The summed E-state index contributed by atoms with van der Waals surface area (Å²) in [6.07, 6.45) is -4.91. The molecule has 0 spiro atoms. The molecule has 57 heavy (non-hydrogen) atoms. The Hall–Kier alpha value is -7.10.